The molecule has 2 aromatic rings. The summed E-state index contributed by atoms with van der Waals surface area (Å²) in [6.07, 6.45) is 1.69. The minimum absolute atomic E-state index is 0.0821. The summed E-state index contributed by atoms with van der Waals surface area (Å²) in [4.78, 5) is 29.6. The van der Waals surface area contributed by atoms with Gasteiger partial charge in [-0.3, -0.25) is 4.79 Å². The molecule has 7 nitrogen and oxygen atoms in total. The summed E-state index contributed by atoms with van der Waals surface area (Å²) in [5.74, 6) is -0.387. The smallest absolute Gasteiger partial charge is 0.344 e. The van der Waals surface area contributed by atoms with Crippen molar-refractivity contribution in [3.8, 4) is 11.5 Å². The van der Waals surface area contributed by atoms with Crippen LogP contribution in [0.5, 0.6) is 11.5 Å². The van der Waals surface area contributed by atoms with E-state index >= 15 is 0 Å². The average molecular weight is 579 g/mol. The number of aliphatic imine (C=N–C) groups is 1. The van der Waals surface area contributed by atoms with Crippen LogP contribution in [0.2, 0.25) is 0 Å². The Bertz CT molecular complexity index is 1160. The quantitative estimate of drug-likeness (QED) is 0.347. The number of hydrogen-bond acceptors (Lipinski definition) is 7. The van der Waals surface area contributed by atoms with Gasteiger partial charge in [0.05, 0.1) is 28.8 Å². The first-order chi connectivity index (χ1) is 15.9. The van der Waals surface area contributed by atoms with Gasteiger partial charge in [-0.05, 0) is 72.3 Å². The van der Waals surface area contributed by atoms with E-state index in [-0.39, 0.29) is 23.0 Å². The van der Waals surface area contributed by atoms with Crippen molar-refractivity contribution in [2.75, 3.05) is 20.3 Å². The van der Waals surface area contributed by atoms with Gasteiger partial charge in [-0.1, -0.05) is 30.0 Å². The molecule has 172 valence electrons. The van der Waals surface area contributed by atoms with Gasteiger partial charge in [0.25, 0.3) is 5.91 Å². The molecule has 1 heterocycles. The number of methoxy groups -OCH3 is 1. The molecule has 0 spiro atoms. The maximum absolute atomic E-state index is 12.6. The maximum Gasteiger partial charge on any atom is 0.344 e. The predicted molar refractivity (Wildman–Crippen MR) is 137 cm³/mol. The molecule has 0 fully saturated rings. The molecule has 0 aromatic heterocycles. The number of carbonyl (C=O) groups excluding carboxylic acids is 2. The highest BCUT2D eigenvalue weighted by atomic mass is 127. The van der Waals surface area contributed by atoms with Crippen molar-refractivity contribution in [2.45, 2.75) is 13.8 Å². The molecule has 1 aliphatic heterocycles. The van der Waals surface area contributed by atoms with Crippen LogP contribution >= 0.6 is 34.4 Å². The van der Waals surface area contributed by atoms with E-state index < -0.39 is 11.9 Å². The highest BCUT2D eigenvalue weighted by molar-refractivity contribution is 14.1. The maximum atomic E-state index is 12.6. The SMILES string of the molecule is CCOC(=O)C1=C(O)/C(=C/c2cc(I)c(OCC)c(OC)c2)SC1=NC(=O)c1ccccc1. The second-order valence-electron chi connectivity index (χ2n) is 6.61. The van der Waals surface area contributed by atoms with Gasteiger partial charge in [-0.25, -0.2) is 9.79 Å². The number of carbonyl (C=O) groups is 2. The van der Waals surface area contributed by atoms with Crippen molar-refractivity contribution >= 4 is 57.3 Å². The Morgan fingerprint density at radius 3 is 2.52 bits per heavy atom. The Morgan fingerprint density at radius 1 is 1.15 bits per heavy atom. The summed E-state index contributed by atoms with van der Waals surface area (Å²) in [5.41, 5.74) is 0.953. The molecule has 3 rings (SSSR count). The zero-order chi connectivity index (χ0) is 24.0. The van der Waals surface area contributed by atoms with Crippen LogP contribution in [0.4, 0.5) is 0 Å². The van der Waals surface area contributed by atoms with E-state index in [1.54, 1.807) is 56.5 Å². The lowest BCUT2D eigenvalue weighted by molar-refractivity contribution is -0.138. The van der Waals surface area contributed by atoms with Crippen molar-refractivity contribution in [1.82, 2.24) is 0 Å². The number of amides is 1. The molecule has 0 atom stereocenters. The number of ether oxygens (including phenoxy) is 3. The lowest BCUT2D eigenvalue weighted by Gasteiger charge is -2.12. The number of esters is 1. The average Bonchev–Trinajstić information content (AvgIpc) is 3.10. The van der Waals surface area contributed by atoms with E-state index in [2.05, 4.69) is 27.6 Å². The largest absolute Gasteiger partial charge is 0.506 e. The third-order valence-corrected chi connectivity index (χ3v) is 6.25. The van der Waals surface area contributed by atoms with Crippen molar-refractivity contribution in [2.24, 2.45) is 4.99 Å². The number of aliphatic hydroxyl groups is 1. The first-order valence-corrected chi connectivity index (χ1v) is 12.0. The van der Waals surface area contributed by atoms with Gasteiger partial charge in [-0.2, -0.15) is 0 Å². The molecule has 1 amide bonds. The van der Waals surface area contributed by atoms with Crippen LogP contribution in [-0.2, 0) is 9.53 Å². The van der Waals surface area contributed by atoms with Crippen molar-refractivity contribution in [3.63, 3.8) is 0 Å². The lowest BCUT2D eigenvalue weighted by Crippen LogP contribution is -2.14. The van der Waals surface area contributed by atoms with E-state index in [4.69, 9.17) is 14.2 Å². The summed E-state index contributed by atoms with van der Waals surface area (Å²) < 4.78 is 17.0. The number of halogens is 1. The van der Waals surface area contributed by atoms with Crippen molar-refractivity contribution < 1.29 is 28.9 Å². The second-order valence-corrected chi connectivity index (χ2v) is 8.80. The summed E-state index contributed by atoms with van der Waals surface area (Å²) in [7, 11) is 1.55. The number of hydrogen-bond donors (Lipinski definition) is 1. The number of nitrogens with zero attached hydrogens (tertiary/aromatic N) is 1. The van der Waals surface area contributed by atoms with E-state index in [0.717, 1.165) is 15.3 Å². The lowest BCUT2D eigenvalue weighted by atomic mass is 10.1. The van der Waals surface area contributed by atoms with E-state index in [0.29, 0.717) is 34.1 Å². The molecule has 0 unspecified atom stereocenters. The van der Waals surface area contributed by atoms with Gasteiger partial charge < -0.3 is 19.3 Å². The minimum atomic E-state index is -0.746. The molecule has 1 aliphatic rings. The van der Waals surface area contributed by atoms with Crippen LogP contribution in [0.3, 0.4) is 0 Å². The van der Waals surface area contributed by atoms with Crippen LogP contribution < -0.4 is 9.47 Å². The van der Waals surface area contributed by atoms with Crippen LogP contribution in [-0.4, -0.2) is 42.4 Å². The fourth-order valence-electron chi connectivity index (χ4n) is 2.99. The van der Waals surface area contributed by atoms with E-state index in [1.165, 1.54) is 0 Å². The fourth-order valence-corrected chi connectivity index (χ4v) is 4.78. The second kappa shape index (κ2) is 11.4. The molecule has 0 aliphatic carbocycles. The highest BCUT2D eigenvalue weighted by Gasteiger charge is 2.34. The van der Waals surface area contributed by atoms with Crippen LogP contribution in [0, 0.1) is 3.57 Å². The van der Waals surface area contributed by atoms with Crippen LogP contribution in [0.1, 0.15) is 29.8 Å². The molecule has 0 saturated carbocycles. The monoisotopic (exact) mass is 579 g/mol. The first-order valence-electron chi connectivity index (χ1n) is 10.1. The van der Waals surface area contributed by atoms with Gasteiger partial charge in [0.15, 0.2) is 11.5 Å². The summed E-state index contributed by atoms with van der Waals surface area (Å²) in [5, 5.41) is 10.9. The topological polar surface area (TPSA) is 94.4 Å². The summed E-state index contributed by atoms with van der Waals surface area (Å²) in [6.45, 7) is 4.16. The minimum Gasteiger partial charge on any atom is -0.506 e. The summed E-state index contributed by atoms with van der Waals surface area (Å²) >= 11 is 3.17. The Balaban J connectivity index is 2.04. The number of thioether (sulfide) groups is 1. The molecular weight excluding hydrogens is 557 g/mol. The van der Waals surface area contributed by atoms with Gasteiger partial charge in [0, 0.05) is 5.56 Å². The number of benzene rings is 2. The Labute approximate surface area is 209 Å². The standard InChI is InChI=1S/C24H22INO6S/c1-4-31-21-16(25)11-14(12-17(21)30-3)13-18-20(27)19(24(29)32-5-2)23(33-18)26-22(28)15-9-7-6-8-10-15/h6-13,27H,4-5H2,1-3H3/b18-13-,26-23?. The number of aliphatic hydroxyl groups excluding tert-OH is 1. The van der Waals surface area contributed by atoms with Crippen molar-refractivity contribution in [1.29, 1.82) is 0 Å². The van der Waals surface area contributed by atoms with Crippen LogP contribution in [0.15, 0.2) is 63.7 Å². The Morgan fingerprint density at radius 2 is 1.88 bits per heavy atom. The Kier molecular flexibility index (Phi) is 8.56. The third-order valence-electron chi connectivity index (χ3n) is 4.43. The van der Waals surface area contributed by atoms with E-state index in [9.17, 15) is 14.7 Å². The van der Waals surface area contributed by atoms with Crippen molar-refractivity contribution in [3.05, 3.63) is 73.4 Å². The molecular formula is C24H22INO6S. The van der Waals surface area contributed by atoms with Gasteiger partial charge >= 0.3 is 5.97 Å². The molecule has 0 radical (unpaired) electrons. The zero-order valence-electron chi connectivity index (χ0n) is 18.3. The molecule has 0 bridgehead atoms. The first kappa shape index (κ1) is 24.8. The normalized spacial score (nSPS) is 15.8. The highest BCUT2D eigenvalue weighted by Crippen LogP contribution is 2.41. The van der Waals surface area contributed by atoms with Gasteiger partial charge in [-0.15, -0.1) is 0 Å². The molecule has 2 aromatic carbocycles. The van der Waals surface area contributed by atoms with Crippen LogP contribution in [0.25, 0.3) is 6.08 Å². The van der Waals surface area contributed by atoms with Gasteiger partial charge in [0.1, 0.15) is 16.4 Å². The molecule has 1 N–H and O–H groups in total. The fraction of sp³-hybridized carbons (Fsp3) is 0.208. The summed E-state index contributed by atoms with van der Waals surface area (Å²) in [6, 6.07) is 12.1. The van der Waals surface area contributed by atoms with Gasteiger partial charge in [0.2, 0.25) is 0 Å². The molecule has 0 saturated heterocycles. The van der Waals surface area contributed by atoms with E-state index in [1.807, 2.05) is 13.0 Å². The predicted octanol–water partition coefficient (Wildman–Crippen LogP) is 5.40. The number of rotatable bonds is 7. The zero-order valence-corrected chi connectivity index (χ0v) is 21.2. The third kappa shape index (κ3) is 5.77. The Hall–Kier alpha value is -2.79. The molecule has 9 heteroatoms. The molecule has 33 heavy (non-hydrogen) atoms.